The maximum absolute atomic E-state index is 11.8. The fourth-order valence-electron chi connectivity index (χ4n) is 1.75. The molecule has 0 spiro atoms. The molecular formula is C10H14N4O. The van der Waals surface area contributed by atoms with Crippen LogP contribution in [0.3, 0.4) is 0 Å². The minimum atomic E-state index is 0.0213. The van der Waals surface area contributed by atoms with Gasteiger partial charge in [-0.2, -0.15) is 5.10 Å². The van der Waals surface area contributed by atoms with Gasteiger partial charge in [0, 0.05) is 12.7 Å². The summed E-state index contributed by atoms with van der Waals surface area (Å²) in [6.45, 7) is 3.72. The Labute approximate surface area is 88.3 Å². The highest BCUT2D eigenvalue weighted by molar-refractivity contribution is 5.92. The number of hydrogen-bond donors (Lipinski definition) is 2. The van der Waals surface area contributed by atoms with Crippen molar-refractivity contribution in [2.45, 2.75) is 6.92 Å². The van der Waals surface area contributed by atoms with Gasteiger partial charge in [-0.1, -0.05) is 6.92 Å². The maximum Gasteiger partial charge on any atom is 0.230 e. The van der Waals surface area contributed by atoms with Crippen molar-refractivity contribution in [2.75, 3.05) is 18.4 Å². The van der Waals surface area contributed by atoms with Crippen molar-refractivity contribution in [3.8, 4) is 0 Å². The Kier molecular flexibility index (Phi) is 2.91. The van der Waals surface area contributed by atoms with Crippen LogP contribution in [0.1, 0.15) is 6.92 Å². The molecule has 2 rings (SSSR count). The third-order valence-corrected chi connectivity index (χ3v) is 2.68. The molecule has 1 amide bonds. The number of amides is 1. The van der Waals surface area contributed by atoms with Crippen LogP contribution in [0.4, 0.5) is 5.82 Å². The Balaban J connectivity index is 1.98. The zero-order valence-electron chi connectivity index (χ0n) is 8.60. The van der Waals surface area contributed by atoms with Crippen LogP contribution in [-0.4, -0.2) is 29.2 Å². The van der Waals surface area contributed by atoms with E-state index < -0.39 is 0 Å². The Morgan fingerprint density at radius 2 is 2.47 bits per heavy atom. The van der Waals surface area contributed by atoms with Crippen LogP contribution in [0, 0.1) is 11.8 Å². The van der Waals surface area contributed by atoms with Gasteiger partial charge in [0.25, 0.3) is 0 Å². The number of nitrogens with zero attached hydrogens (tertiary/aromatic N) is 2. The lowest BCUT2D eigenvalue weighted by molar-refractivity contribution is -0.120. The molecule has 80 valence electrons. The van der Waals surface area contributed by atoms with Gasteiger partial charge >= 0.3 is 0 Å². The number of carbonyl (C=O) groups is 1. The summed E-state index contributed by atoms with van der Waals surface area (Å²) < 4.78 is 0. The molecule has 0 aliphatic carbocycles. The van der Waals surface area contributed by atoms with E-state index in [-0.39, 0.29) is 11.8 Å². The second kappa shape index (κ2) is 4.35. The molecule has 1 fully saturated rings. The molecule has 0 radical (unpaired) electrons. The minimum Gasteiger partial charge on any atom is -0.316 e. The van der Waals surface area contributed by atoms with E-state index in [4.69, 9.17) is 0 Å². The van der Waals surface area contributed by atoms with Crippen molar-refractivity contribution in [1.29, 1.82) is 0 Å². The maximum atomic E-state index is 11.8. The normalized spacial score (nSPS) is 25.1. The Morgan fingerprint density at radius 1 is 1.60 bits per heavy atom. The van der Waals surface area contributed by atoms with Gasteiger partial charge in [0.2, 0.25) is 5.91 Å². The van der Waals surface area contributed by atoms with E-state index in [1.165, 1.54) is 0 Å². The molecule has 1 aliphatic rings. The standard InChI is InChI=1S/C10H14N4O/c1-7-5-11-6-8(7)10(15)13-9-3-2-4-12-14-9/h2-4,7-8,11H,5-6H2,1H3,(H,13,14,15)/t7-,8-/m1/s1. The van der Waals surface area contributed by atoms with Gasteiger partial charge in [-0.15, -0.1) is 5.10 Å². The van der Waals surface area contributed by atoms with Crippen molar-refractivity contribution in [3.05, 3.63) is 18.3 Å². The molecule has 0 saturated carbocycles. The molecular weight excluding hydrogens is 192 g/mol. The second-order valence-corrected chi connectivity index (χ2v) is 3.84. The highest BCUT2D eigenvalue weighted by Gasteiger charge is 2.29. The first kappa shape index (κ1) is 10.0. The Hall–Kier alpha value is -1.49. The van der Waals surface area contributed by atoms with Crippen LogP contribution < -0.4 is 10.6 Å². The van der Waals surface area contributed by atoms with Gasteiger partial charge in [-0.25, -0.2) is 0 Å². The molecule has 2 N–H and O–H groups in total. The molecule has 15 heavy (non-hydrogen) atoms. The third-order valence-electron chi connectivity index (χ3n) is 2.68. The van der Waals surface area contributed by atoms with Crippen molar-refractivity contribution >= 4 is 11.7 Å². The topological polar surface area (TPSA) is 66.9 Å². The number of aromatic nitrogens is 2. The zero-order chi connectivity index (χ0) is 10.7. The van der Waals surface area contributed by atoms with Crippen molar-refractivity contribution in [3.63, 3.8) is 0 Å². The minimum absolute atomic E-state index is 0.0213. The number of carbonyl (C=O) groups excluding carboxylic acids is 1. The van der Waals surface area contributed by atoms with Gasteiger partial charge in [-0.05, 0) is 24.6 Å². The van der Waals surface area contributed by atoms with Crippen molar-refractivity contribution < 1.29 is 4.79 Å². The predicted octanol–water partition coefficient (Wildman–Crippen LogP) is 0.271. The summed E-state index contributed by atoms with van der Waals surface area (Å²) in [5, 5.41) is 13.5. The lowest BCUT2D eigenvalue weighted by atomic mass is 9.97. The van der Waals surface area contributed by atoms with Gasteiger partial charge in [0.15, 0.2) is 5.82 Å². The van der Waals surface area contributed by atoms with E-state index in [1.807, 2.05) is 0 Å². The second-order valence-electron chi connectivity index (χ2n) is 3.84. The average molecular weight is 206 g/mol. The van der Waals surface area contributed by atoms with Crippen LogP contribution in [0.2, 0.25) is 0 Å². The van der Waals surface area contributed by atoms with Crippen molar-refractivity contribution in [1.82, 2.24) is 15.5 Å². The quantitative estimate of drug-likeness (QED) is 0.729. The summed E-state index contributed by atoms with van der Waals surface area (Å²) in [6, 6.07) is 3.48. The summed E-state index contributed by atoms with van der Waals surface area (Å²) in [5.41, 5.74) is 0. The number of anilines is 1. The summed E-state index contributed by atoms with van der Waals surface area (Å²) in [5.74, 6) is 0.947. The molecule has 1 aromatic heterocycles. The van der Waals surface area contributed by atoms with Crippen LogP contribution in [-0.2, 0) is 4.79 Å². The van der Waals surface area contributed by atoms with Gasteiger partial charge in [0.05, 0.1) is 5.92 Å². The molecule has 0 bridgehead atoms. The molecule has 1 saturated heterocycles. The molecule has 0 unspecified atom stereocenters. The largest absolute Gasteiger partial charge is 0.316 e. The third kappa shape index (κ3) is 2.30. The molecule has 5 heteroatoms. The van der Waals surface area contributed by atoms with Crippen LogP contribution in [0.25, 0.3) is 0 Å². The Morgan fingerprint density at radius 3 is 3.07 bits per heavy atom. The number of hydrogen-bond acceptors (Lipinski definition) is 4. The first-order valence-electron chi connectivity index (χ1n) is 5.06. The van der Waals surface area contributed by atoms with E-state index in [0.29, 0.717) is 11.7 Å². The predicted molar refractivity (Wildman–Crippen MR) is 56.2 cm³/mol. The highest BCUT2D eigenvalue weighted by Crippen LogP contribution is 2.17. The molecule has 1 aliphatic heterocycles. The fourth-order valence-corrected chi connectivity index (χ4v) is 1.75. The highest BCUT2D eigenvalue weighted by atomic mass is 16.2. The molecule has 0 aromatic carbocycles. The lowest BCUT2D eigenvalue weighted by Crippen LogP contribution is -2.28. The average Bonchev–Trinajstić information content (AvgIpc) is 2.66. The molecule has 2 heterocycles. The summed E-state index contributed by atoms with van der Waals surface area (Å²) >= 11 is 0. The zero-order valence-corrected chi connectivity index (χ0v) is 8.60. The van der Waals surface area contributed by atoms with Crippen LogP contribution in [0.15, 0.2) is 18.3 Å². The Bertz CT molecular complexity index is 341. The molecule has 5 nitrogen and oxygen atoms in total. The summed E-state index contributed by atoms with van der Waals surface area (Å²) in [4.78, 5) is 11.8. The number of rotatable bonds is 2. The fraction of sp³-hybridized carbons (Fsp3) is 0.500. The SMILES string of the molecule is C[C@@H]1CNC[C@H]1C(=O)Nc1cccnn1. The summed E-state index contributed by atoms with van der Waals surface area (Å²) in [6.07, 6.45) is 1.58. The van der Waals surface area contributed by atoms with Gasteiger partial charge < -0.3 is 10.6 Å². The van der Waals surface area contributed by atoms with E-state index in [0.717, 1.165) is 13.1 Å². The van der Waals surface area contributed by atoms with Gasteiger partial charge in [0.1, 0.15) is 0 Å². The van der Waals surface area contributed by atoms with E-state index in [2.05, 4.69) is 27.8 Å². The summed E-state index contributed by atoms with van der Waals surface area (Å²) in [7, 11) is 0. The molecule has 1 aromatic rings. The monoisotopic (exact) mass is 206 g/mol. The molecule has 2 atom stereocenters. The van der Waals surface area contributed by atoms with Gasteiger partial charge in [-0.3, -0.25) is 4.79 Å². The van der Waals surface area contributed by atoms with E-state index in [9.17, 15) is 4.79 Å². The van der Waals surface area contributed by atoms with E-state index in [1.54, 1.807) is 18.3 Å². The first-order valence-corrected chi connectivity index (χ1v) is 5.06. The van der Waals surface area contributed by atoms with Crippen LogP contribution >= 0.6 is 0 Å². The first-order chi connectivity index (χ1) is 7.27. The van der Waals surface area contributed by atoms with Crippen molar-refractivity contribution in [2.24, 2.45) is 11.8 Å². The van der Waals surface area contributed by atoms with Crippen LogP contribution in [0.5, 0.6) is 0 Å². The lowest BCUT2D eigenvalue weighted by Gasteiger charge is -2.12. The van der Waals surface area contributed by atoms with E-state index >= 15 is 0 Å². The number of nitrogens with one attached hydrogen (secondary N) is 2. The smallest absolute Gasteiger partial charge is 0.230 e.